The average molecular weight is 248 g/mol. The van der Waals surface area contributed by atoms with Crippen LogP contribution in [0.15, 0.2) is 18.2 Å². The van der Waals surface area contributed by atoms with E-state index >= 15 is 0 Å². The van der Waals surface area contributed by atoms with Gasteiger partial charge in [-0.2, -0.15) is 0 Å². The Hall–Kier alpha value is -1.68. The molecule has 0 saturated heterocycles. The number of benzene rings is 1. The van der Waals surface area contributed by atoms with Gasteiger partial charge >= 0.3 is 0 Å². The van der Waals surface area contributed by atoms with Crippen molar-refractivity contribution in [1.29, 1.82) is 0 Å². The van der Waals surface area contributed by atoms with Crippen LogP contribution in [0.25, 0.3) is 0 Å². The van der Waals surface area contributed by atoms with E-state index in [1.54, 1.807) is 13.2 Å². The maximum Gasteiger partial charge on any atom is 0.173 e. The van der Waals surface area contributed by atoms with Crippen LogP contribution in [0.4, 0.5) is 0 Å². The molecule has 2 rings (SSSR count). The van der Waals surface area contributed by atoms with Crippen LogP contribution in [-0.4, -0.2) is 32.4 Å². The van der Waals surface area contributed by atoms with E-state index in [1.165, 1.54) is 7.11 Å². The quantitative estimate of drug-likeness (QED) is 0.760. The first-order valence-corrected chi connectivity index (χ1v) is 5.90. The van der Waals surface area contributed by atoms with Crippen molar-refractivity contribution in [3.63, 3.8) is 0 Å². The van der Waals surface area contributed by atoms with Crippen molar-refractivity contribution >= 4 is 11.6 Å². The fourth-order valence-corrected chi connectivity index (χ4v) is 2.30. The molecule has 0 N–H and O–H groups in total. The van der Waals surface area contributed by atoms with Crippen molar-refractivity contribution in [2.24, 2.45) is 5.92 Å². The lowest BCUT2D eigenvalue weighted by atomic mass is 9.80. The van der Waals surface area contributed by atoms with E-state index in [4.69, 9.17) is 9.47 Å². The molecule has 1 aromatic rings. The van der Waals surface area contributed by atoms with Gasteiger partial charge in [0, 0.05) is 12.7 Å². The molecule has 1 atom stereocenters. The Labute approximate surface area is 106 Å². The zero-order valence-electron chi connectivity index (χ0n) is 10.6. The Kier molecular flexibility index (Phi) is 3.77. The molecule has 0 fully saturated rings. The second-order valence-corrected chi connectivity index (χ2v) is 4.38. The molecule has 0 saturated carbocycles. The van der Waals surface area contributed by atoms with E-state index < -0.39 is 5.92 Å². The van der Waals surface area contributed by atoms with Gasteiger partial charge in [0.05, 0.1) is 13.0 Å². The molecular formula is C14H16O4. The highest BCUT2D eigenvalue weighted by Crippen LogP contribution is 2.29. The molecule has 0 aromatic heterocycles. The minimum atomic E-state index is -0.565. The highest BCUT2D eigenvalue weighted by Gasteiger charge is 2.32. The van der Waals surface area contributed by atoms with Gasteiger partial charge in [-0.25, -0.2) is 0 Å². The predicted octanol–water partition coefficient (Wildman–Crippen LogP) is 1.66. The Balaban J connectivity index is 2.29. The molecule has 0 heterocycles. The summed E-state index contributed by atoms with van der Waals surface area (Å²) in [4.78, 5) is 24.1. The molecular weight excluding hydrogens is 232 g/mol. The van der Waals surface area contributed by atoms with Crippen molar-refractivity contribution in [2.75, 3.05) is 20.8 Å². The van der Waals surface area contributed by atoms with Crippen LogP contribution >= 0.6 is 0 Å². The normalized spacial score (nSPS) is 18.3. The van der Waals surface area contributed by atoms with E-state index in [0.717, 1.165) is 12.0 Å². The third-order valence-electron chi connectivity index (χ3n) is 3.28. The number of aryl methyl sites for hydroxylation is 1. The molecule has 0 amide bonds. The molecule has 96 valence electrons. The Bertz CT molecular complexity index is 479. The number of fused-ring (bicyclic) bond motifs is 1. The first-order chi connectivity index (χ1) is 8.67. The topological polar surface area (TPSA) is 52.6 Å². The standard InChI is InChI=1S/C14H16O4/c1-17-8-13(15)11-6-4-9-3-5-10(18-2)7-12(9)14(11)16/h3,5,7,11H,4,6,8H2,1-2H3. The van der Waals surface area contributed by atoms with E-state index in [0.29, 0.717) is 17.7 Å². The fraction of sp³-hybridized carbons (Fsp3) is 0.429. The number of carbonyl (C=O) groups excluding carboxylic acids is 2. The molecule has 4 heteroatoms. The largest absolute Gasteiger partial charge is 0.497 e. The van der Waals surface area contributed by atoms with Crippen molar-refractivity contribution in [1.82, 2.24) is 0 Å². The van der Waals surface area contributed by atoms with Gasteiger partial charge in [0.1, 0.15) is 12.4 Å². The smallest absolute Gasteiger partial charge is 0.173 e. The van der Waals surface area contributed by atoms with Crippen LogP contribution in [-0.2, 0) is 16.0 Å². The molecule has 0 aliphatic heterocycles. The molecule has 0 bridgehead atoms. The molecule has 4 nitrogen and oxygen atoms in total. The number of hydrogen-bond donors (Lipinski definition) is 0. The highest BCUT2D eigenvalue weighted by atomic mass is 16.5. The summed E-state index contributed by atoms with van der Waals surface area (Å²) in [5.74, 6) is -0.181. The second-order valence-electron chi connectivity index (χ2n) is 4.38. The number of ketones is 2. The lowest BCUT2D eigenvalue weighted by Gasteiger charge is -2.22. The van der Waals surface area contributed by atoms with Gasteiger partial charge in [-0.05, 0) is 30.5 Å². The van der Waals surface area contributed by atoms with Crippen LogP contribution < -0.4 is 4.74 Å². The minimum absolute atomic E-state index is 0.00426. The molecule has 0 spiro atoms. The summed E-state index contributed by atoms with van der Waals surface area (Å²) in [6.45, 7) is -0.00426. The molecule has 1 unspecified atom stereocenters. The minimum Gasteiger partial charge on any atom is -0.497 e. The maximum absolute atomic E-state index is 12.3. The maximum atomic E-state index is 12.3. The summed E-state index contributed by atoms with van der Waals surface area (Å²) in [5, 5.41) is 0. The SMILES string of the molecule is COCC(=O)C1CCc2ccc(OC)cc2C1=O. The number of rotatable bonds is 4. The molecule has 1 aromatic carbocycles. The van der Waals surface area contributed by atoms with Gasteiger partial charge in [0.25, 0.3) is 0 Å². The van der Waals surface area contributed by atoms with Crippen molar-refractivity contribution in [3.8, 4) is 5.75 Å². The van der Waals surface area contributed by atoms with Crippen LogP contribution in [0.5, 0.6) is 5.75 Å². The van der Waals surface area contributed by atoms with Gasteiger partial charge in [-0.1, -0.05) is 6.07 Å². The van der Waals surface area contributed by atoms with Crippen LogP contribution in [0.1, 0.15) is 22.3 Å². The summed E-state index contributed by atoms with van der Waals surface area (Å²) in [6, 6.07) is 5.44. The number of hydrogen-bond acceptors (Lipinski definition) is 4. The van der Waals surface area contributed by atoms with E-state index in [9.17, 15) is 9.59 Å². The first-order valence-electron chi connectivity index (χ1n) is 5.90. The summed E-state index contributed by atoms with van der Waals surface area (Å²) in [7, 11) is 3.02. The van der Waals surface area contributed by atoms with Gasteiger partial charge in [0.2, 0.25) is 0 Å². The number of methoxy groups -OCH3 is 2. The molecule has 1 aliphatic rings. The number of Topliss-reactive ketones (excluding diaryl/α,β-unsaturated/α-hetero) is 2. The lowest BCUT2D eigenvalue weighted by molar-refractivity contribution is -0.125. The third-order valence-corrected chi connectivity index (χ3v) is 3.28. The predicted molar refractivity (Wildman–Crippen MR) is 66.0 cm³/mol. The summed E-state index contributed by atoms with van der Waals surface area (Å²) < 4.78 is 9.92. The monoisotopic (exact) mass is 248 g/mol. The van der Waals surface area contributed by atoms with Crippen LogP contribution in [0.2, 0.25) is 0 Å². The first kappa shape index (κ1) is 12.8. The molecule has 0 radical (unpaired) electrons. The van der Waals surface area contributed by atoms with Gasteiger partial charge in [0.15, 0.2) is 11.6 Å². The van der Waals surface area contributed by atoms with Gasteiger partial charge < -0.3 is 9.47 Å². The fourth-order valence-electron chi connectivity index (χ4n) is 2.30. The second kappa shape index (κ2) is 5.31. The van der Waals surface area contributed by atoms with E-state index in [2.05, 4.69) is 0 Å². The highest BCUT2D eigenvalue weighted by molar-refractivity contribution is 6.12. The molecule has 18 heavy (non-hydrogen) atoms. The Morgan fingerprint density at radius 3 is 2.83 bits per heavy atom. The zero-order chi connectivity index (χ0) is 13.1. The number of carbonyl (C=O) groups is 2. The van der Waals surface area contributed by atoms with Crippen molar-refractivity contribution in [3.05, 3.63) is 29.3 Å². The molecule has 1 aliphatic carbocycles. The van der Waals surface area contributed by atoms with E-state index in [1.807, 2.05) is 12.1 Å². The van der Waals surface area contributed by atoms with E-state index in [-0.39, 0.29) is 18.2 Å². The Morgan fingerprint density at radius 1 is 1.39 bits per heavy atom. The van der Waals surface area contributed by atoms with Crippen molar-refractivity contribution < 1.29 is 19.1 Å². The van der Waals surface area contributed by atoms with Crippen molar-refractivity contribution in [2.45, 2.75) is 12.8 Å². The number of ether oxygens (including phenoxy) is 2. The lowest BCUT2D eigenvalue weighted by Crippen LogP contribution is -2.31. The van der Waals surface area contributed by atoms with Gasteiger partial charge in [-0.3, -0.25) is 9.59 Å². The Morgan fingerprint density at radius 2 is 2.17 bits per heavy atom. The zero-order valence-corrected chi connectivity index (χ0v) is 10.6. The van der Waals surface area contributed by atoms with Crippen LogP contribution in [0.3, 0.4) is 0 Å². The average Bonchev–Trinajstić information content (AvgIpc) is 2.39. The summed E-state index contributed by atoms with van der Waals surface area (Å²) in [5.41, 5.74) is 1.59. The summed E-state index contributed by atoms with van der Waals surface area (Å²) in [6.07, 6.45) is 1.31. The van der Waals surface area contributed by atoms with Gasteiger partial charge in [-0.15, -0.1) is 0 Å². The third kappa shape index (κ3) is 2.29. The van der Waals surface area contributed by atoms with Crippen LogP contribution in [0, 0.1) is 5.92 Å². The summed E-state index contributed by atoms with van der Waals surface area (Å²) >= 11 is 0.